The summed E-state index contributed by atoms with van der Waals surface area (Å²) in [6, 6.07) is 1.21. The Hall–Kier alpha value is -3.16. The second kappa shape index (κ2) is 7.59. The molecule has 1 heterocycles. The molecule has 1 saturated heterocycles. The van der Waals surface area contributed by atoms with Gasteiger partial charge in [0, 0.05) is 43.8 Å². The van der Waals surface area contributed by atoms with Crippen LogP contribution in [0.4, 0.5) is 27.6 Å². The quantitative estimate of drug-likeness (QED) is 0.333. The van der Waals surface area contributed by atoms with E-state index in [2.05, 4.69) is 16.6 Å². The molecule has 2 N–H and O–H groups in total. The summed E-state index contributed by atoms with van der Waals surface area (Å²) in [5.74, 6) is -9.24. The van der Waals surface area contributed by atoms with Crippen LogP contribution in [0.5, 0.6) is 0 Å². The molecule has 6 nitrogen and oxygen atoms in total. The van der Waals surface area contributed by atoms with E-state index in [-0.39, 0.29) is 25.2 Å². The van der Waals surface area contributed by atoms with E-state index >= 15 is 0 Å². The van der Waals surface area contributed by atoms with Crippen LogP contribution in [-0.4, -0.2) is 47.2 Å². The highest BCUT2D eigenvalue weighted by molar-refractivity contribution is 6.35. The van der Waals surface area contributed by atoms with Crippen molar-refractivity contribution >= 4 is 23.4 Å². The molecule has 0 bridgehead atoms. The highest BCUT2D eigenvalue weighted by atomic mass is 19.3. The lowest BCUT2D eigenvalue weighted by molar-refractivity contribution is -0.152. The Morgan fingerprint density at radius 1 is 1.13 bits per heavy atom. The van der Waals surface area contributed by atoms with Gasteiger partial charge in [0.25, 0.3) is 5.92 Å². The Morgan fingerprint density at radius 2 is 1.73 bits per heavy atom. The minimum atomic E-state index is -3.02. The Morgan fingerprint density at radius 3 is 2.27 bits per heavy atom. The monoisotopic (exact) mass is 429 g/mol. The van der Waals surface area contributed by atoms with Crippen molar-refractivity contribution in [2.45, 2.75) is 30.7 Å². The average Bonchev–Trinajstić information content (AvgIpc) is 3.13. The number of alkyl halides is 2. The molecular weight excluding hydrogens is 413 g/mol. The van der Waals surface area contributed by atoms with Crippen molar-refractivity contribution in [2.24, 2.45) is 5.92 Å². The maximum absolute atomic E-state index is 13.2. The molecule has 3 amide bonds. The third-order valence-electron chi connectivity index (χ3n) is 5.04. The normalized spacial score (nSPS) is 21.3. The maximum atomic E-state index is 13.2. The molecule has 1 aliphatic carbocycles. The number of nitrogens with one attached hydrogen (secondary N) is 2. The molecular formula is C19H16F5N3O3. The number of likely N-dealkylation sites (tertiary alicyclic amines) is 1. The zero-order valence-corrected chi connectivity index (χ0v) is 15.4. The molecule has 1 saturated carbocycles. The second-order valence-electron chi connectivity index (χ2n) is 7.37. The Kier molecular flexibility index (Phi) is 5.45. The van der Waals surface area contributed by atoms with E-state index < -0.39 is 65.4 Å². The van der Waals surface area contributed by atoms with E-state index in [0.29, 0.717) is 12.1 Å². The second-order valence-corrected chi connectivity index (χ2v) is 7.37. The molecule has 11 heteroatoms. The number of hydrogen-bond acceptors (Lipinski definition) is 3. The van der Waals surface area contributed by atoms with E-state index in [1.807, 2.05) is 0 Å². The molecule has 1 aromatic rings. The van der Waals surface area contributed by atoms with Crippen molar-refractivity contribution in [1.82, 2.24) is 10.2 Å². The van der Waals surface area contributed by atoms with Gasteiger partial charge in [-0.15, -0.1) is 6.42 Å². The van der Waals surface area contributed by atoms with Gasteiger partial charge in [-0.25, -0.2) is 22.0 Å². The first-order valence-electron chi connectivity index (χ1n) is 8.88. The van der Waals surface area contributed by atoms with Crippen molar-refractivity contribution < 1.29 is 36.3 Å². The van der Waals surface area contributed by atoms with Gasteiger partial charge in [0.15, 0.2) is 17.5 Å². The molecule has 0 aromatic heterocycles. The summed E-state index contributed by atoms with van der Waals surface area (Å²) in [4.78, 5) is 37.7. The molecule has 1 aliphatic heterocycles. The fourth-order valence-electron chi connectivity index (χ4n) is 3.50. The summed E-state index contributed by atoms with van der Waals surface area (Å²) < 4.78 is 65.7. The van der Waals surface area contributed by atoms with Gasteiger partial charge in [-0.3, -0.25) is 14.4 Å². The first-order chi connectivity index (χ1) is 13.9. The Balaban J connectivity index is 1.57. The highest BCUT2D eigenvalue weighted by Gasteiger charge is 2.57. The molecule has 1 aromatic carbocycles. The minimum Gasteiger partial charge on any atom is -0.334 e. The van der Waals surface area contributed by atoms with Crippen LogP contribution < -0.4 is 10.6 Å². The molecule has 0 radical (unpaired) electrons. The Labute approximate surface area is 167 Å². The van der Waals surface area contributed by atoms with Gasteiger partial charge in [0.2, 0.25) is 5.91 Å². The van der Waals surface area contributed by atoms with Crippen molar-refractivity contribution in [2.75, 3.05) is 18.4 Å². The maximum Gasteiger partial charge on any atom is 0.311 e. The van der Waals surface area contributed by atoms with Crippen LogP contribution in [0.3, 0.4) is 0 Å². The van der Waals surface area contributed by atoms with Gasteiger partial charge >= 0.3 is 11.8 Å². The Bertz CT molecular complexity index is 928. The number of nitrogens with zero attached hydrogens (tertiary/aromatic N) is 1. The van der Waals surface area contributed by atoms with Gasteiger partial charge in [-0.2, -0.15) is 0 Å². The summed E-state index contributed by atoms with van der Waals surface area (Å²) >= 11 is 0. The first kappa shape index (κ1) is 21.5. The number of halogens is 5. The first-order valence-corrected chi connectivity index (χ1v) is 8.88. The van der Waals surface area contributed by atoms with Crippen LogP contribution in [0.15, 0.2) is 12.1 Å². The third-order valence-corrected chi connectivity index (χ3v) is 5.04. The van der Waals surface area contributed by atoms with Gasteiger partial charge in [0.1, 0.15) is 5.54 Å². The fourth-order valence-corrected chi connectivity index (χ4v) is 3.50. The van der Waals surface area contributed by atoms with Crippen molar-refractivity contribution in [1.29, 1.82) is 0 Å². The lowest BCUT2D eigenvalue weighted by Crippen LogP contribution is -2.63. The predicted octanol–water partition coefficient (Wildman–Crippen LogP) is 1.81. The lowest BCUT2D eigenvalue weighted by Gasteiger charge is -2.43. The van der Waals surface area contributed by atoms with Gasteiger partial charge < -0.3 is 15.5 Å². The zero-order chi connectivity index (χ0) is 22.3. The van der Waals surface area contributed by atoms with Crippen LogP contribution in [0, 0.1) is 35.7 Å². The van der Waals surface area contributed by atoms with E-state index in [1.165, 1.54) is 0 Å². The van der Waals surface area contributed by atoms with Crippen molar-refractivity contribution in [3.05, 3.63) is 29.6 Å². The summed E-state index contributed by atoms with van der Waals surface area (Å²) in [5.41, 5.74) is -1.90. The third kappa shape index (κ3) is 4.22. The fraction of sp³-hybridized carbons (Fsp3) is 0.421. The number of rotatable bonds is 3. The van der Waals surface area contributed by atoms with Crippen molar-refractivity contribution in [3.8, 4) is 12.3 Å². The summed E-state index contributed by atoms with van der Waals surface area (Å²) in [6.45, 7) is -0.154. The SMILES string of the molecule is C#CC1(NC(=O)C(=O)N2CCC(C(=O)Nc3cc(F)c(F)c(F)c3)C2)CC(F)(F)C1. The van der Waals surface area contributed by atoms with Gasteiger partial charge in [-0.1, -0.05) is 5.92 Å². The molecule has 2 fully saturated rings. The topological polar surface area (TPSA) is 78.5 Å². The lowest BCUT2D eigenvalue weighted by atomic mass is 9.74. The van der Waals surface area contributed by atoms with Crippen LogP contribution >= 0.6 is 0 Å². The number of anilines is 1. The number of carbonyl (C=O) groups excluding carboxylic acids is 3. The number of carbonyl (C=O) groups is 3. The highest BCUT2D eigenvalue weighted by Crippen LogP contribution is 2.45. The summed E-state index contributed by atoms with van der Waals surface area (Å²) in [7, 11) is 0. The smallest absolute Gasteiger partial charge is 0.311 e. The zero-order valence-electron chi connectivity index (χ0n) is 15.4. The van der Waals surface area contributed by atoms with E-state index in [0.717, 1.165) is 4.90 Å². The van der Waals surface area contributed by atoms with E-state index in [1.54, 1.807) is 0 Å². The van der Waals surface area contributed by atoms with Crippen LogP contribution in [-0.2, 0) is 14.4 Å². The van der Waals surface area contributed by atoms with Crippen LogP contribution in [0.2, 0.25) is 0 Å². The van der Waals surface area contributed by atoms with Crippen LogP contribution in [0.1, 0.15) is 19.3 Å². The van der Waals surface area contributed by atoms with Crippen molar-refractivity contribution in [3.63, 3.8) is 0 Å². The standard InChI is InChI=1S/C19H16F5N3O3/c1-2-18(8-19(23,24)9-18)26-16(29)17(30)27-4-3-10(7-27)15(28)25-11-5-12(20)14(22)13(21)6-11/h1,5-6,10H,3-4,7-9H2,(H,25,28)(H,26,29). The van der Waals surface area contributed by atoms with Gasteiger partial charge in [0.05, 0.1) is 5.92 Å². The average molecular weight is 429 g/mol. The molecule has 1 unspecified atom stereocenters. The van der Waals surface area contributed by atoms with E-state index in [4.69, 9.17) is 6.42 Å². The van der Waals surface area contributed by atoms with E-state index in [9.17, 15) is 36.3 Å². The molecule has 30 heavy (non-hydrogen) atoms. The number of benzene rings is 1. The summed E-state index contributed by atoms with van der Waals surface area (Å²) in [6.07, 6.45) is 3.81. The number of terminal acetylenes is 1. The minimum absolute atomic E-state index is 0.0235. The van der Waals surface area contributed by atoms with Gasteiger partial charge in [-0.05, 0) is 6.42 Å². The van der Waals surface area contributed by atoms with Crippen LogP contribution in [0.25, 0.3) is 0 Å². The number of hydrogen-bond donors (Lipinski definition) is 2. The largest absolute Gasteiger partial charge is 0.334 e. The molecule has 160 valence electrons. The number of amides is 3. The molecule has 2 aliphatic rings. The predicted molar refractivity (Wildman–Crippen MR) is 93.5 cm³/mol. The molecule has 0 spiro atoms. The summed E-state index contributed by atoms with van der Waals surface area (Å²) in [5, 5.41) is 4.37. The molecule has 3 rings (SSSR count). The molecule has 1 atom stereocenters.